The Kier molecular flexibility index (Phi) is 8.25. The molecule has 1 fully saturated rings. The zero-order chi connectivity index (χ0) is 31.0. The summed E-state index contributed by atoms with van der Waals surface area (Å²) in [5.74, 6) is 0. The second-order valence-corrected chi connectivity index (χ2v) is 12.5. The fourth-order valence-corrected chi connectivity index (χ4v) is 7.31. The molecule has 1 N–H and O–H groups in total. The van der Waals surface area contributed by atoms with Crippen LogP contribution in [0.2, 0.25) is 0 Å². The SMILES string of the molecule is CCc1cccc(C)c1-n1c(C)cc([C@@H]2[C@@H](c3ccccn3)NC(=S)N2c2ccc(Sc3ccc([N+](=O)[O-])cc3)cc2)c1C. The number of hydrogen-bond donors (Lipinski definition) is 1. The molecular formula is C35H33N5O2S2. The van der Waals surface area contributed by atoms with Crippen LogP contribution in [0.3, 0.4) is 0 Å². The Morgan fingerprint density at radius 1 is 0.955 bits per heavy atom. The van der Waals surface area contributed by atoms with E-state index in [1.54, 1.807) is 23.9 Å². The number of rotatable bonds is 8. The number of para-hydroxylation sites is 1. The normalized spacial score (nSPS) is 16.3. The van der Waals surface area contributed by atoms with E-state index < -0.39 is 0 Å². The van der Waals surface area contributed by atoms with Crippen molar-refractivity contribution in [3.05, 3.63) is 141 Å². The number of nitrogens with zero attached hydrogens (tertiary/aromatic N) is 4. The topological polar surface area (TPSA) is 76.2 Å². The molecule has 7 nitrogen and oxygen atoms in total. The van der Waals surface area contributed by atoms with Gasteiger partial charge in [-0.05, 0) is 111 Å². The molecule has 5 aromatic rings. The van der Waals surface area contributed by atoms with Gasteiger partial charge in [0.15, 0.2) is 5.11 Å². The van der Waals surface area contributed by atoms with Crippen LogP contribution in [0.1, 0.15) is 52.8 Å². The van der Waals surface area contributed by atoms with Crippen LogP contribution in [0.25, 0.3) is 5.69 Å². The lowest BCUT2D eigenvalue weighted by molar-refractivity contribution is -0.384. The summed E-state index contributed by atoms with van der Waals surface area (Å²) in [6, 6.07) is 29.5. The first kappa shape index (κ1) is 29.6. The van der Waals surface area contributed by atoms with E-state index in [2.05, 4.69) is 97.1 Å². The van der Waals surface area contributed by atoms with Crippen molar-refractivity contribution in [2.75, 3.05) is 4.90 Å². The molecule has 0 amide bonds. The Morgan fingerprint density at radius 3 is 2.30 bits per heavy atom. The number of non-ortho nitro benzene ring substituents is 1. The summed E-state index contributed by atoms with van der Waals surface area (Å²) in [7, 11) is 0. The summed E-state index contributed by atoms with van der Waals surface area (Å²) < 4.78 is 2.39. The lowest BCUT2D eigenvalue weighted by Gasteiger charge is -2.28. The molecule has 0 saturated carbocycles. The number of hydrogen-bond acceptors (Lipinski definition) is 5. The average Bonchev–Trinajstić information content (AvgIpc) is 3.52. The quantitative estimate of drug-likeness (QED) is 0.106. The number of nitro groups is 1. The number of thiocarbonyl (C=S) groups is 1. The number of aryl methyl sites for hydroxylation is 3. The summed E-state index contributed by atoms with van der Waals surface area (Å²) in [6.07, 6.45) is 2.78. The largest absolute Gasteiger partial charge is 0.351 e. The molecule has 0 unspecified atom stereocenters. The third kappa shape index (κ3) is 5.49. The first-order chi connectivity index (χ1) is 21.3. The van der Waals surface area contributed by atoms with Gasteiger partial charge in [0.25, 0.3) is 5.69 Å². The van der Waals surface area contributed by atoms with E-state index in [1.807, 2.05) is 18.3 Å². The van der Waals surface area contributed by atoms with Gasteiger partial charge >= 0.3 is 0 Å². The number of pyridine rings is 1. The predicted molar refractivity (Wildman–Crippen MR) is 181 cm³/mol. The second kappa shape index (κ2) is 12.3. The minimum absolute atomic E-state index is 0.0842. The average molecular weight is 620 g/mol. The molecule has 0 radical (unpaired) electrons. The monoisotopic (exact) mass is 619 g/mol. The molecule has 3 heterocycles. The van der Waals surface area contributed by atoms with Crippen LogP contribution in [0.15, 0.2) is 107 Å². The molecule has 0 spiro atoms. The summed E-state index contributed by atoms with van der Waals surface area (Å²) >= 11 is 7.57. The van der Waals surface area contributed by atoms with Crippen LogP contribution in [0.4, 0.5) is 11.4 Å². The van der Waals surface area contributed by atoms with Gasteiger partial charge in [-0.25, -0.2) is 0 Å². The van der Waals surface area contributed by atoms with Gasteiger partial charge in [0.1, 0.15) is 0 Å². The van der Waals surface area contributed by atoms with Crippen molar-refractivity contribution in [1.82, 2.24) is 14.9 Å². The summed E-state index contributed by atoms with van der Waals surface area (Å²) in [4.78, 5) is 19.6. The fraction of sp³-hybridized carbons (Fsp3) is 0.200. The van der Waals surface area contributed by atoms with E-state index in [9.17, 15) is 10.1 Å². The van der Waals surface area contributed by atoms with E-state index in [0.717, 1.165) is 27.6 Å². The zero-order valence-corrected chi connectivity index (χ0v) is 26.7. The van der Waals surface area contributed by atoms with Crippen molar-refractivity contribution in [2.24, 2.45) is 0 Å². The van der Waals surface area contributed by atoms with Crippen LogP contribution in [0, 0.1) is 30.9 Å². The Labute approximate surface area is 267 Å². The van der Waals surface area contributed by atoms with Crippen molar-refractivity contribution >= 4 is 40.5 Å². The molecule has 222 valence electrons. The number of benzene rings is 3. The first-order valence-corrected chi connectivity index (χ1v) is 15.8. The van der Waals surface area contributed by atoms with Crippen molar-refractivity contribution in [3.8, 4) is 5.69 Å². The third-order valence-corrected chi connectivity index (χ3v) is 9.54. The highest BCUT2D eigenvalue weighted by Crippen LogP contribution is 2.44. The third-order valence-electron chi connectivity index (χ3n) is 8.21. The number of nitro benzene ring substituents is 1. The number of aromatic nitrogens is 2. The van der Waals surface area contributed by atoms with Crippen molar-refractivity contribution < 1.29 is 4.92 Å². The predicted octanol–water partition coefficient (Wildman–Crippen LogP) is 8.60. The molecule has 2 atom stereocenters. The Bertz CT molecular complexity index is 1840. The minimum atomic E-state index is -0.383. The maximum atomic E-state index is 11.0. The van der Waals surface area contributed by atoms with E-state index in [1.165, 1.54) is 45.9 Å². The molecule has 3 aromatic carbocycles. The van der Waals surface area contributed by atoms with Crippen LogP contribution in [0.5, 0.6) is 0 Å². The molecule has 2 aromatic heterocycles. The lowest BCUT2D eigenvalue weighted by atomic mass is 9.96. The fourth-order valence-electron chi connectivity index (χ4n) is 6.15. The van der Waals surface area contributed by atoms with Gasteiger partial charge < -0.3 is 14.8 Å². The van der Waals surface area contributed by atoms with Crippen molar-refractivity contribution in [1.29, 1.82) is 0 Å². The molecule has 0 bridgehead atoms. The van der Waals surface area contributed by atoms with Gasteiger partial charge in [0.2, 0.25) is 0 Å². The van der Waals surface area contributed by atoms with Gasteiger partial charge in [-0.3, -0.25) is 15.1 Å². The number of anilines is 1. The molecule has 9 heteroatoms. The lowest BCUT2D eigenvalue weighted by Crippen LogP contribution is -2.29. The second-order valence-electron chi connectivity index (χ2n) is 10.9. The van der Waals surface area contributed by atoms with Gasteiger partial charge in [0, 0.05) is 45.2 Å². The molecule has 0 aliphatic carbocycles. The van der Waals surface area contributed by atoms with Crippen molar-refractivity contribution in [3.63, 3.8) is 0 Å². The highest BCUT2D eigenvalue weighted by Gasteiger charge is 2.42. The summed E-state index contributed by atoms with van der Waals surface area (Å²) in [6.45, 7) is 8.76. The maximum absolute atomic E-state index is 11.0. The molecular weight excluding hydrogens is 587 g/mol. The van der Waals surface area contributed by atoms with Crippen LogP contribution in [-0.2, 0) is 6.42 Å². The maximum Gasteiger partial charge on any atom is 0.269 e. The minimum Gasteiger partial charge on any atom is -0.351 e. The van der Waals surface area contributed by atoms with E-state index in [-0.39, 0.29) is 22.7 Å². The first-order valence-electron chi connectivity index (χ1n) is 14.6. The van der Waals surface area contributed by atoms with E-state index >= 15 is 0 Å². The zero-order valence-electron chi connectivity index (χ0n) is 25.0. The molecule has 6 rings (SSSR count). The van der Waals surface area contributed by atoms with Crippen LogP contribution >= 0.6 is 24.0 Å². The highest BCUT2D eigenvalue weighted by molar-refractivity contribution is 7.99. The van der Waals surface area contributed by atoms with Crippen LogP contribution < -0.4 is 10.2 Å². The van der Waals surface area contributed by atoms with Crippen molar-refractivity contribution in [2.45, 2.75) is 56.0 Å². The van der Waals surface area contributed by atoms with E-state index in [0.29, 0.717) is 5.11 Å². The molecule has 1 aliphatic heterocycles. The summed E-state index contributed by atoms with van der Waals surface area (Å²) in [5, 5.41) is 15.3. The van der Waals surface area contributed by atoms with E-state index in [4.69, 9.17) is 17.2 Å². The molecule has 1 saturated heterocycles. The summed E-state index contributed by atoms with van der Waals surface area (Å²) in [5.41, 5.74) is 9.36. The Hall–Kier alpha value is -4.47. The Balaban J connectivity index is 1.40. The molecule has 44 heavy (non-hydrogen) atoms. The smallest absolute Gasteiger partial charge is 0.269 e. The number of nitrogens with one attached hydrogen (secondary N) is 1. The standard InChI is InChI=1S/C35H33N5O2S2/c1-5-25-10-8-9-22(2)33(25)38-23(3)21-30(24(38)4)34-32(31-11-6-7-20-36-31)37-35(43)39(34)26-12-16-28(17-13-26)44-29-18-14-27(15-19-29)40(41)42/h6-21,32,34H,5H2,1-4H3,(H,37,43)/t32-,34-/m1/s1. The molecule has 1 aliphatic rings. The van der Waals surface area contributed by atoms with Gasteiger partial charge in [-0.2, -0.15) is 0 Å². The van der Waals surface area contributed by atoms with Gasteiger partial charge in [0.05, 0.1) is 28.4 Å². The van der Waals surface area contributed by atoms with Gasteiger partial charge in [-0.15, -0.1) is 0 Å². The van der Waals surface area contributed by atoms with Gasteiger partial charge in [-0.1, -0.05) is 43.0 Å². The Morgan fingerprint density at radius 2 is 1.66 bits per heavy atom. The van der Waals surface area contributed by atoms with Crippen LogP contribution in [-0.4, -0.2) is 19.6 Å². The highest BCUT2D eigenvalue weighted by atomic mass is 32.2.